The van der Waals surface area contributed by atoms with E-state index in [9.17, 15) is 26.4 Å². The van der Waals surface area contributed by atoms with Crippen LogP contribution in [0, 0.1) is 20.8 Å². The van der Waals surface area contributed by atoms with Crippen molar-refractivity contribution in [2.24, 2.45) is 0 Å². The summed E-state index contributed by atoms with van der Waals surface area (Å²) in [5.74, 6) is -1.90. The summed E-state index contributed by atoms with van der Waals surface area (Å²) in [7, 11) is -7.50. The summed E-state index contributed by atoms with van der Waals surface area (Å²) < 4.78 is 58.7. The second-order valence-electron chi connectivity index (χ2n) is 18.6. The van der Waals surface area contributed by atoms with Gasteiger partial charge in [-0.05, 0) is 152 Å². The number of benzene rings is 6. The molecule has 366 valence electrons. The minimum absolute atomic E-state index is 0.0561. The maximum atomic E-state index is 14.0. The van der Waals surface area contributed by atoms with E-state index in [2.05, 4.69) is 34.6 Å². The number of sulfonamides is 2. The van der Waals surface area contributed by atoms with Gasteiger partial charge in [0, 0.05) is 13.1 Å². The van der Waals surface area contributed by atoms with Crippen LogP contribution in [0.1, 0.15) is 126 Å². The lowest BCUT2D eigenvalue weighted by atomic mass is 9.87. The average molecular weight is 973 g/mol. The molecule has 0 spiro atoms. The molecule has 0 radical (unpaired) electrons. The molecule has 0 aliphatic carbocycles. The topological polar surface area (TPSA) is 149 Å². The minimum atomic E-state index is -3.76. The van der Waals surface area contributed by atoms with Gasteiger partial charge < -0.3 is 10.2 Å². The van der Waals surface area contributed by atoms with Crippen LogP contribution < -0.4 is 8.61 Å². The number of carboxylic acids is 2. The second kappa shape index (κ2) is 23.9. The van der Waals surface area contributed by atoms with Crippen LogP contribution in [0.25, 0.3) is 0 Å². The van der Waals surface area contributed by atoms with Crippen molar-refractivity contribution in [1.29, 1.82) is 0 Å². The normalized spacial score (nSPS) is 11.7. The third-order valence-electron chi connectivity index (χ3n) is 12.2. The number of hydrogen-bond donors (Lipinski definition) is 2. The lowest BCUT2D eigenvalue weighted by Crippen LogP contribution is -2.34. The average Bonchev–Trinajstić information content (AvgIpc) is 3.30. The van der Waals surface area contributed by atoms with Crippen LogP contribution >= 0.6 is 0 Å². The highest BCUT2D eigenvalue weighted by Crippen LogP contribution is 2.33. The SMILES string of the molecule is CCCCN(c1ccccc1CCc1ccc(C(=O)O)cc1)S(=O)(=O)c1c(C)cc(C)cc1C.CCCCN(c1ccccc1CCc1ccc(C(=O)O)cc1)S(=O)(=O)c1ccc(C(C)(C)C)cc1. The molecule has 6 aromatic rings. The number of rotatable bonds is 20. The summed E-state index contributed by atoms with van der Waals surface area (Å²) in [6.07, 6.45) is 5.93. The number of carbonyl (C=O) groups is 2. The first kappa shape index (κ1) is 53.7. The van der Waals surface area contributed by atoms with Crippen molar-refractivity contribution in [2.75, 3.05) is 21.7 Å². The number of anilines is 2. The van der Waals surface area contributed by atoms with Crippen molar-refractivity contribution in [1.82, 2.24) is 0 Å². The van der Waals surface area contributed by atoms with Gasteiger partial charge in [0.05, 0.1) is 32.3 Å². The van der Waals surface area contributed by atoms with E-state index in [1.165, 1.54) is 0 Å². The van der Waals surface area contributed by atoms with Crippen LogP contribution in [0.4, 0.5) is 11.4 Å². The smallest absolute Gasteiger partial charge is 0.335 e. The molecule has 0 fully saturated rings. The van der Waals surface area contributed by atoms with Gasteiger partial charge in [0.15, 0.2) is 0 Å². The van der Waals surface area contributed by atoms with Crippen molar-refractivity contribution in [2.45, 2.75) is 122 Å². The molecule has 0 amide bonds. The minimum Gasteiger partial charge on any atom is -0.478 e. The van der Waals surface area contributed by atoms with Crippen LogP contribution in [0.5, 0.6) is 0 Å². The Hall–Kier alpha value is -6.24. The number of nitrogens with zero attached hydrogens (tertiary/aromatic N) is 2. The third kappa shape index (κ3) is 13.9. The molecule has 0 heterocycles. The first-order valence-electron chi connectivity index (χ1n) is 23.7. The van der Waals surface area contributed by atoms with Crippen molar-refractivity contribution in [3.05, 3.63) is 189 Å². The van der Waals surface area contributed by atoms with Gasteiger partial charge in [-0.1, -0.05) is 138 Å². The van der Waals surface area contributed by atoms with Crippen molar-refractivity contribution in [3.8, 4) is 0 Å². The fraction of sp³-hybridized carbons (Fsp3) is 0.333. The highest BCUT2D eigenvalue weighted by Gasteiger charge is 2.30. The molecule has 0 aliphatic rings. The summed E-state index contributed by atoms with van der Waals surface area (Å²) in [5, 5.41) is 18.2. The number of unbranched alkanes of at least 4 members (excludes halogenated alkanes) is 2. The van der Waals surface area contributed by atoms with Gasteiger partial charge in [-0.25, -0.2) is 26.4 Å². The van der Waals surface area contributed by atoms with Crippen LogP contribution in [-0.2, 0) is 51.1 Å². The molecule has 6 aromatic carbocycles. The second-order valence-corrected chi connectivity index (χ2v) is 22.3. The van der Waals surface area contributed by atoms with Gasteiger partial charge in [-0.15, -0.1) is 0 Å². The summed E-state index contributed by atoms with van der Waals surface area (Å²) in [5.41, 5.74) is 9.42. The highest BCUT2D eigenvalue weighted by molar-refractivity contribution is 7.93. The van der Waals surface area contributed by atoms with Crippen LogP contribution in [-0.4, -0.2) is 52.1 Å². The molecule has 0 atom stereocenters. The molecule has 2 N–H and O–H groups in total. The zero-order chi connectivity index (χ0) is 50.5. The van der Waals surface area contributed by atoms with Crippen LogP contribution in [0.15, 0.2) is 143 Å². The zero-order valence-corrected chi connectivity index (χ0v) is 43.0. The lowest BCUT2D eigenvalue weighted by molar-refractivity contribution is 0.0686. The van der Waals surface area contributed by atoms with E-state index >= 15 is 0 Å². The zero-order valence-electron chi connectivity index (χ0n) is 41.3. The Morgan fingerprint density at radius 2 is 0.913 bits per heavy atom. The molecule has 69 heavy (non-hydrogen) atoms. The molecule has 12 heteroatoms. The number of hydrogen-bond acceptors (Lipinski definition) is 6. The van der Waals surface area contributed by atoms with Crippen LogP contribution in [0.2, 0.25) is 0 Å². The first-order valence-corrected chi connectivity index (χ1v) is 26.6. The molecule has 0 bridgehead atoms. The van der Waals surface area contributed by atoms with Gasteiger partial charge in [0.25, 0.3) is 20.0 Å². The number of aryl methyl sites for hydroxylation is 7. The van der Waals surface area contributed by atoms with Crippen molar-refractivity contribution < 1.29 is 36.6 Å². The largest absolute Gasteiger partial charge is 0.478 e. The first-order chi connectivity index (χ1) is 32.7. The van der Waals surface area contributed by atoms with Crippen LogP contribution in [0.3, 0.4) is 0 Å². The fourth-order valence-electron chi connectivity index (χ4n) is 8.40. The summed E-state index contributed by atoms with van der Waals surface area (Å²) in [4.78, 5) is 22.9. The molecule has 0 aliphatic heterocycles. The Kier molecular flexibility index (Phi) is 18.6. The van der Waals surface area contributed by atoms with Crippen molar-refractivity contribution >= 4 is 43.4 Å². The lowest BCUT2D eigenvalue weighted by Gasteiger charge is -2.28. The Labute approximate surface area is 410 Å². The maximum Gasteiger partial charge on any atom is 0.335 e. The van der Waals surface area contributed by atoms with Gasteiger partial charge >= 0.3 is 11.9 Å². The predicted octanol–water partition coefficient (Wildman–Crippen LogP) is 12.6. The van der Waals surface area contributed by atoms with E-state index in [0.717, 1.165) is 70.2 Å². The molecule has 0 unspecified atom stereocenters. The Bertz CT molecular complexity index is 2880. The molecule has 0 saturated carbocycles. The number of para-hydroxylation sites is 2. The maximum absolute atomic E-state index is 14.0. The number of aromatic carboxylic acids is 2. The molecule has 0 saturated heterocycles. The monoisotopic (exact) mass is 972 g/mol. The third-order valence-corrected chi connectivity index (χ3v) is 16.1. The summed E-state index contributed by atoms with van der Waals surface area (Å²) in [6.45, 7) is 16.9. The van der Waals surface area contributed by atoms with Gasteiger partial charge in [-0.2, -0.15) is 0 Å². The van der Waals surface area contributed by atoms with E-state index < -0.39 is 32.0 Å². The van der Waals surface area contributed by atoms with E-state index in [1.54, 1.807) is 45.0 Å². The quantitative estimate of drug-likeness (QED) is 0.0768. The molecular weight excluding hydrogens is 905 g/mol. The molecule has 0 aromatic heterocycles. The van der Waals surface area contributed by atoms with E-state index in [-0.39, 0.29) is 16.5 Å². The van der Waals surface area contributed by atoms with Crippen molar-refractivity contribution in [3.63, 3.8) is 0 Å². The molecular formula is C57H68N2O8S2. The summed E-state index contributed by atoms with van der Waals surface area (Å²) in [6, 6.07) is 40.0. The number of carboxylic acid groups (broad SMARTS) is 2. The Morgan fingerprint density at radius 3 is 1.29 bits per heavy atom. The van der Waals surface area contributed by atoms with Gasteiger partial charge in [0.2, 0.25) is 0 Å². The summed E-state index contributed by atoms with van der Waals surface area (Å²) >= 11 is 0. The van der Waals surface area contributed by atoms with Gasteiger partial charge in [-0.3, -0.25) is 8.61 Å². The molecule has 10 nitrogen and oxygen atoms in total. The van der Waals surface area contributed by atoms with E-state index in [1.807, 2.05) is 118 Å². The van der Waals surface area contributed by atoms with E-state index in [0.29, 0.717) is 59.9 Å². The predicted molar refractivity (Wildman–Crippen MR) is 279 cm³/mol. The fourth-order valence-corrected chi connectivity index (χ4v) is 11.9. The standard InChI is InChI=1S/C29H35NO4S.C28H33NO4S/c1-5-6-21-30(35(33,34)26-19-17-25(18-20-26)29(2,3)4)27-10-8-7-9-23(27)14-11-22-12-15-24(16-13-22)28(31)32;1-5-6-17-29(34(32,33)27-21(3)18-20(2)19-22(27)4)26-10-8-7-9-24(26)14-11-23-12-15-25(16-13-23)28(30)31/h7-10,12-13,15-20H,5-6,11,14,21H2,1-4H3,(H,31,32);7-10,12-13,15-16,18-19H,5-6,11,14,17H2,1-4H3,(H,30,31). The molecule has 6 rings (SSSR count). The Morgan fingerprint density at radius 1 is 0.522 bits per heavy atom. The Balaban J connectivity index is 0.000000258. The van der Waals surface area contributed by atoms with E-state index in [4.69, 9.17) is 10.2 Å². The van der Waals surface area contributed by atoms with Gasteiger partial charge in [0.1, 0.15) is 0 Å². The highest BCUT2D eigenvalue weighted by atomic mass is 32.2.